The van der Waals surface area contributed by atoms with Crippen LogP contribution in [0.15, 0.2) is 30.3 Å². The van der Waals surface area contributed by atoms with Gasteiger partial charge in [-0.15, -0.1) is 0 Å². The first-order valence-electron chi connectivity index (χ1n) is 12.8. The fourth-order valence-electron chi connectivity index (χ4n) is 6.51. The molecule has 1 spiro atoms. The van der Waals surface area contributed by atoms with E-state index in [1.807, 2.05) is 15.9 Å². The number of urea groups is 1. The summed E-state index contributed by atoms with van der Waals surface area (Å²) in [5.74, 6) is 0.349. The highest BCUT2D eigenvalue weighted by Gasteiger charge is 2.49. The number of hydrogen-bond acceptors (Lipinski definition) is 3. The molecule has 3 aliphatic heterocycles. The highest BCUT2D eigenvalue weighted by Crippen LogP contribution is 2.41. The Morgan fingerprint density at radius 1 is 0.781 bits per heavy atom. The summed E-state index contributed by atoms with van der Waals surface area (Å²) in [6.07, 6.45) is 10.1. The van der Waals surface area contributed by atoms with Gasteiger partial charge in [-0.05, 0) is 50.7 Å². The van der Waals surface area contributed by atoms with Crippen molar-refractivity contribution >= 4 is 17.6 Å². The Morgan fingerprint density at radius 2 is 1.47 bits per heavy atom. The van der Waals surface area contributed by atoms with Gasteiger partial charge in [0.25, 0.3) is 0 Å². The third kappa shape index (κ3) is 4.20. The normalized spacial score (nSPS) is 27.8. The van der Waals surface area contributed by atoms with E-state index in [4.69, 9.17) is 0 Å². The average Bonchev–Trinajstić information content (AvgIpc) is 2.87. The molecule has 1 aliphatic carbocycles. The lowest BCUT2D eigenvalue weighted by Gasteiger charge is -2.50. The van der Waals surface area contributed by atoms with Crippen LogP contribution in [0.2, 0.25) is 0 Å². The minimum Gasteiger partial charge on any atom is -0.368 e. The third-order valence-corrected chi connectivity index (χ3v) is 8.30. The monoisotopic (exact) mass is 438 g/mol. The molecule has 1 aromatic carbocycles. The topological polar surface area (TPSA) is 47.1 Å². The van der Waals surface area contributed by atoms with E-state index in [1.54, 1.807) is 0 Å². The minimum absolute atomic E-state index is 0.138. The van der Waals surface area contributed by atoms with E-state index in [2.05, 4.69) is 34.1 Å². The maximum Gasteiger partial charge on any atom is 0.320 e. The van der Waals surface area contributed by atoms with E-state index in [0.29, 0.717) is 18.5 Å². The lowest BCUT2D eigenvalue weighted by molar-refractivity contribution is -0.153. The SMILES string of the molecule is O=C(N1CCN(c2ccccc2)CC1)N1CCCC2(CCCN(C3CCCCC3)C2=O)C1. The van der Waals surface area contributed by atoms with Gasteiger partial charge in [0.1, 0.15) is 0 Å². The molecule has 3 heterocycles. The molecule has 3 saturated heterocycles. The van der Waals surface area contributed by atoms with Crippen LogP contribution >= 0.6 is 0 Å². The number of nitrogens with zero attached hydrogens (tertiary/aromatic N) is 4. The molecule has 5 rings (SSSR count). The number of carbonyl (C=O) groups is 2. The number of carbonyl (C=O) groups excluding carboxylic acids is 2. The zero-order chi connectivity index (χ0) is 22.0. The van der Waals surface area contributed by atoms with E-state index >= 15 is 0 Å². The first-order chi connectivity index (χ1) is 15.7. The fourth-order valence-corrected chi connectivity index (χ4v) is 6.51. The Hall–Kier alpha value is -2.24. The smallest absolute Gasteiger partial charge is 0.320 e. The molecular formula is C26H38N4O2. The number of rotatable bonds is 2. The van der Waals surface area contributed by atoms with Gasteiger partial charge in [0.15, 0.2) is 0 Å². The molecule has 32 heavy (non-hydrogen) atoms. The molecule has 3 amide bonds. The van der Waals surface area contributed by atoms with Gasteiger partial charge in [0.05, 0.1) is 5.41 Å². The largest absolute Gasteiger partial charge is 0.368 e. The number of para-hydroxylation sites is 1. The summed E-state index contributed by atoms with van der Waals surface area (Å²) in [7, 11) is 0. The third-order valence-electron chi connectivity index (χ3n) is 8.30. The van der Waals surface area contributed by atoms with Crippen LogP contribution in [-0.4, -0.2) is 78.5 Å². The second-order valence-electron chi connectivity index (χ2n) is 10.3. The molecule has 4 aliphatic rings. The quantitative estimate of drug-likeness (QED) is 0.702. The van der Waals surface area contributed by atoms with Gasteiger partial charge >= 0.3 is 6.03 Å². The Morgan fingerprint density at radius 3 is 2.19 bits per heavy atom. The van der Waals surface area contributed by atoms with Crippen LogP contribution in [0.3, 0.4) is 0 Å². The summed E-state index contributed by atoms with van der Waals surface area (Å²) >= 11 is 0. The summed E-state index contributed by atoms with van der Waals surface area (Å²) in [5, 5.41) is 0. The second-order valence-corrected chi connectivity index (χ2v) is 10.3. The van der Waals surface area contributed by atoms with E-state index in [0.717, 1.165) is 77.8 Å². The van der Waals surface area contributed by atoms with Crippen molar-refractivity contribution in [3.8, 4) is 0 Å². The molecule has 1 unspecified atom stereocenters. The van der Waals surface area contributed by atoms with Crippen molar-refractivity contribution in [1.82, 2.24) is 14.7 Å². The molecule has 174 valence electrons. The number of piperidine rings is 2. The fraction of sp³-hybridized carbons (Fsp3) is 0.692. The Kier molecular flexibility index (Phi) is 6.29. The average molecular weight is 439 g/mol. The number of benzene rings is 1. The van der Waals surface area contributed by atoms with Crippen molar-refractivity contribution in [3.63, 3.8) is 0 Å². The van der Waals surface area contributed by atoms with Gasteiger partial charge in [-0.1, -0.05) is 37.5 Å². The highest BCUT2D eigenvalue weighted by atomic mass is 16.2. The van der Waals surface area contributed by atoms with Crippen LogP contribution in [0.5, 0.6) is 0 Å². The van der Waals surface area contributed by atoms with Crippen molar-refractivity contribution in [2.24, 2.45) is 5.41 Å². The molecule has 6 heteroatoms. The van der Waals surface area contributed by atoms with E-state index < -0.39 is 0 Å². The van der Waals surface area contributed by atoms with Gasteiger partial charge in [0.2, 0.25) is 5.91 Å². The first kappa shape index (κ1) is 21.6. The molecule has 6 nitrogen and oxygen atoms in total. The molecule has 0 aromatic heterocycles. The minimum atomic E-state index is -0.338. The van der Waals surface area contributed by atoms with E-state index in [9.17, 15) is 9.59 Å². The van der Waals surface area contributed by atoms with Gasteiger partial charge < -0.3 is 19.6 Å². The van der Waals surface area contributed by atoms with Crippen LogP contribution in [-0.2, 0) is 4.79 Å². The maximum absolute atomic E-state index is 13.7. The lowest BCUT2D eigenvalue weighted by Crippen LogP contribution is -2.61. The van der Waals surface area contributed by atoms with Crippen LogP contribution in [0.4, 0.5) is 10.5 Å². The van der Waals surface area contributed by atoms with Crippen LogP contribution in [0.1, 0.15) is 57.8 Å². The number of piperazine rings is 1. The van der Waals surface area contributed by atoms with Crippen LogP contribution < -0.4 is 4.90 Å². The first-order valence-corrected chi connectivity index (χ1v) is 12.8. The molecular weight excluding hydrogens is 400 g/mol. The molecule has 0 radical (unpaired) electrons. The van der Waals surface area contributed by atoms with Crippen molar-refractivity contribution in [2.45, 2.75) is 63.8 Å². The summed E-state index contributed by atoms with van der Waals surface area (Å²) < 4.78 is 0. The van der Waals surface area contributed by atoms with E-state index in [1.165, 1.54) is 24.9 Å². The van der Waals surface area contributed by atoms with Crippen molar-refractivity contribution in [2.75, 3.05) is 50.7 Å². The van der Waals surface area contributed by atoms with Gasteiger partial charge in [-0.25, -0.2) is 4.79 Å². The van der Waals surface area contributed by atoms with Crippen molar-refractivity contribution in [3.05, 3.63) is 30.3 Å². The summed E-state index contributed by atoms with van der Waals surface area (Å²) in [6.45, 7) is 5.55. The molecule has 1 aromatic rings. The zero-order valence-electron chi connectivity index (χ0n) is 19.4. The molecule has 4 fully saturated rings. The second kappa shape index (κ2) is 9.32. The lowest BCUT2D eigenvalue weighted by atomic mass is 9.72. The predicted molar refractivity (Wildman–Crippen MR) is 127 cm³/mol. The Labute approximate surface area is 192 Å². The zero-order valence-corrected chi connectivity index (χ0v) is 19.4. The molecule has 1 atom stereocenters. The predicted octanol–water partition coefficient (Wildman–Crippen LogP) is 3.97. The summed E-state index contributed by atoms with van der Waals surface area (Å²) in [5.41, 5.74) is 0.891. The molecule has 0 bridgehead atoms. The standard InChI is InChI=1S/C26H38N4O2/c31-24-26(14-8-16-30(24)23-11-5-2-6-12-23)13-7-15-29(21-26)25(32)28-19-17-27(18-20-28)22-9-3-1-4-10-22/h1,3-4,9-10,23H,2,5-8,11-21H2. The Bertz CT molecular complexity index is 797. The van der Waals surface area contributed by atoms with Crippen molar-refractivity contribution < 1.29 is 9.59 Å². The number of amides is 3. The summed E-state index contributed by atoms with van der Waals surface area (Å²) in [4.78, 5) is 35.7. The van der Waals surface area contributed by atoms with Gasteiger partial charge in [0, 0.05) is 57.5 Å². The van der Waals surface area contributed by atoms with E-state index in [-0.39, 0.29) is 11.4 Å². The summed E-state index contributed by atoms with van der Waals surface area (Å²) in [6, 6.07) is 11.0. The number of hydrogen-bond donors (Lipinski definition) is 0. The van der Waals surface area contributed by atoms with Crippen LogP contribution in [0.25, 0.3) is 0 Å². The number of likely N-dealkylation sites (tertiary alicyclic amines) is 2. The highest BCUT2D eigenvalue weighted by molar-refractivity contribution is 5.85. The maximum atomic E-state index is 13.7. The Balaban J connectivity index is 1.22. The molecule has 1 saturated carbocycles. The van der Waals surface area contributed by atoms with Crippen molar-refractivity contribution in [1.29, 1.82) is 0 Å². The van der Waals surface area contributed by atoms with Crippen LogP contribution in [0, 0.1) is 5.41 Å². The van der Waals surface area contributed by atoms with Gasteiger partial charge in [-0.2, -0.15) is 0 Å². The van der Waals surface area contributed by atoms with Gasteiger partial charge in [-0.3, -0.25) is 4.79 Å². The molecule has 0 N–H and O–H groups in total. The number of anilines is 1.